The maximum atomic E-state index is 13.8. The molecule has 0 aliphatic heterocycles. The number of esters is 1. The number of ether oxygens (including phenoxy) is 2. The number of hydrogen-bond acceptors (Lipinski definition) is 3. The van der Waals surface area contributed by atoms with E-state index in [1.54, 1.807) is 12.1 Å². The average Bonchev–Trinajstić information content (AvgIpc) is 2.56. The lowest BCUT2D eigenvalue weighted by molar-refractivity contribution is -0.140. The average molecular weight is 298 g/mol. The zero-order chi connectivity index (χ0) is 16.8. The Labute approximate surface area is 127 Å². The van der Waals surface area contributed by atoms with Gasteiger partial charge in [0.1, 0.15) is 0 Å². The van der Waals surface area contributed by atoms with E-state index in [1.807, 2.05) is 27.7 Å². The van der Waals surface area contributed by atoms with Gasteiger partial charge in [-0.15, -0.1) is 0 Å². The van der Waals surface area contributed by atoms with Gasteiger partial charge in [-0.25, -0.2) is 4.39 Å². The number of methoxy groups -OCH3 is 2. The van der Waals surface area contributed by atoms with Crippen molar-refractivity contribution in [1.82, 2.24) is 0 Å². The molecule has 3 nitrogen and oxygen atoms in total. The van der Waals surface area contributed by atoms with E-state index in [4.69, 9.17) is 4.74 Å². The van der Waals surface area contributed by atoms with Crippen molar-refractivity contribution >= 4 is 11.5 Å². The molecule has 0 saturated carbocycles. The van der Waals surface area contributed by atoms with Gasteiger partial charge >= 0.3 is 5.97 Å². The molecule has 0 N–H and O–H groups in total. The maximum absolute atomic E-state index is 13.8. The van der Waals surface area contributed by atoms with Crippen LogP contribution in [-0.2, 0) is 9.53 Å². The van der Waals surface area contributed by atoms with Gasteiger partial charge in [-0.05, 0) is 18.1 Å². The molecule has 1 aromatic carbocycles. The molecule has 0 amide bonds. The second kappa shape index (κ2) is 13.2. The smallest absolute Gasteiger partial charge is 0.305 e. The molecule has 0 fully saturated rings. The molecule has 0 spiro atoms. The Morgan fingerprint density at radius 1 is 1.14 bits per heavy atom. The molecule has 1 rings (SSSR count). The highest BCUT2D eigenvalue weighted by atomic mass is 19.1. The van der Waals surface area contributed by atoms with Gasteiger partial charge in [0, 0.05) is 12.0 Å². The van der Waals surface area contributed by atoms with Crippen molar-refractivity contribution in [2.75, 3.05) is 14.2 Å². The van der Waals surface area contributed by atoms with E-state index in [9.17, 15) is 9.18 Å². The molecule has 0 aromatic heterocycles. The summed E-state index contributed by atoms with van der Waals surface area (Å²) in [5.74, 6) is -0.624. The van der Waals surface area contributed by atoms with Gasteiger partial charge < -0.3 is 9.47 Å². The van der Waals surface area contributed by atoms with Crippen molar-refractivity contribution in [2.45, 2.75) is 40.5 Å². The first kappa shape index (κ1) is 21.5. The van der Waals surface area contributed by atoms with Gasteiger partial charge in [-0.2, -0.15) is 0 Å². The molecular formula is C17H27FO3. The van der Waals surface area contributed by atoms with Crippen LogP contribution in [0.4, 0.5) is 4.39 Å². The third-order valence-corrected chi connectivity index (χ3v) is 2.42. The minimum Gasteiger partial charge on any atom is -0.494 e. The summed E-state index contributed by atoms with van der Waals surface area (Å²) in [5, 5.41) is 0. The quantitative estimate of drug-likeness (QED) is 0.729. The van der Waals surface area contributed by atoms with E-state index in [1.165, 1.54) is 20.3 Å². The molecule has 1 aromatic rings. The van der Waals surface area contributed by atoms with Crippen molar-refractivity contribution in [3.63, 3.8) is 0 Å². The first-order valence-corrected chi connectivity index (χ1v) is 7.17. The SMILES string of the molecule is C=C(CCC(=O)OC)c1cccc(OC)c1F.CC.CC. The molecule has 0 radical (unpaired) electrons. The van der Waals surface area contributed by atoms with Gasteiger partial charge in [0.15, 0.2) is 11.6 Å². The number of allylic oxidation sites excluding steroid dienone is 1. The van der Waals surface area contributed by atoms with Crippen molar-refractivity contribution < 1.29 is 18.7 Å². The first-order chi connectivity index (χ1) is 10.1. The topological polar surface area (TPSA) is 35.5 Å². The molecule has 0 bridgehead atoms. The van der Waals surface area contributed by atoms with Gasteiger partial charge in [0.05, 0.1) is 14.2 Å². The molecule has 21 heavy (non-hydrogen) atoms. The summed E-state index contributed by atoms with van der Waals surface area (Å²) in [6.45, 7) is 11.8. The molecule has 0 heterocycles. The highest BCUT2D eigenvalue weighted by Crippen LogP contribution is 2.27. The summed E-state index contributed by atoms with van der Waals surface area (Å²) in [7, 11) is 2.72. The van der Waals surface area contributed by atoms with Crippen LogP contribution < -0.4 is 4.74 Å². The van der Waals surface area contributed by atoms with E-state index in [0.29, 0.717) is 17.6 Å². The van der Waals surface area contributed by atoms with E-state index in [2.05, 4.69) is 11.3 Å². The Balaban J connectivity index is 0. The standard InChI is InChI=1S/C13H15FO3.2C2H6/c1-9(7-8-12(15)17-3)10-5-4-6-11(16-2)13(10)14;2*1-2/h4-6H,1,7-8H2,2-3H3;2*1-2H3. The van der Waals surface area contributed by atoms with Crippen LogP contribution in [-0.4, -0.2) is 20.2 Å². The van der Waals surface area contributed by atoms with E-state index in [0.717, 1.165) is 0 Å². The molecule has 0 atom stereocenters. The maximum Gasteiger partial charge on any atom is 0.305 e. The number of carbonyl (C=O) groups excluding carboxylic acids is 1. The van der Waals surface area contributed by atoms with Crippen LogP contribution in [0.3, 0.4) is 0 Å². The predicted octanol–water partition coefficient (Wildman–Crippen LogP) is 4.85. The van der Waals surface area contributed by atoms with Gasteiger partial charge in [-0.1, -0.05) is 46.4 Å². The molecule has 4 heteroatoms. The van der Waals surface area contributed by atoms with Crippen LogP contribution in [0.1, 0.15) is 46.1 Å². The summed E-state index contributed by atoms with van der Waals surface area (Å²) in [6.07, 6.45) is 0.544. The van der Waals surface area contributed by atoms with Gasteiger partial charge in [-0.3, -0.25) is 4.79 Å². The third-order valence-electron chi connectivity index (χ3n) is 2.42. The predicted molar refractivity (Wildman–Crippen MR) is 85.9 cm³/mol. The summed E-state index contributed by atoms with van der Waals surface area (Å²) in [6, 6.07) is 4.82. The summed E-state index contributed by atoms with van der Waals surface area (Å²) < 4.78 is 23.2. The lowest BCUT2D eigenvalue weighted by atomic mass is 10.0. The van der Waals surface area contributed by atoms with Crippen LogP contribution in [0.25, 0.3) is 5.57 Å². The molecule has 120 valence electrons. The van der Waals surface area contributed by atoms with Crippen molar-refractivity contribution in [3.8, 4) is 5.75 Å². The van der Waals surface area contributed by atoms with Gasteiger partial charge in [0.2, 0.25) is 0 Å². The minimum absolute atomic E-state index is 0.168. The molecule has 0 aliphatic carbocycles. The van der Waals surface area contributed by atoms with Crippen molar-refractivity contribution in [1.29, 1.82) is 0 Å². The van der Waals surface area contributed by atoms with Crippen LogP contribution in [0.5, 0.6) is 5.75 Å². The molecule has 0 unspecified atom stereocenters. The van der Waals surface area contributed by atoms with E-state index in [-0.39, 0.29) is 18.1 Å². The fraction of sp³-hybridized carbons (Fsp3) is 0.471. The summed E-state index contributed by atoms with van der Waals surface area (Å²) in [5.41, 5.74) is 0.917. The summed E-state index contributed by atoms with van der Waals surface area (Å²) >= 11 is 0. The third kappa shape index (κ3) is 7.49. The first-order valence-electron chi connectivity index (χ1n) is 7.17. The fourth-order valence-electron chi connectivity index (χ4n) is 1.43. The van der Waals surface area contributed by atoms with Crippen LogP contribution in [0.2, 0.25) is 0 Å². The monoisotopic (exact) mass is 298 g/mol. The summed E-state index contributed by atoms with van der Waals surface area (Å²) in [4.78, 5) is 11.0. The van der Waals surface area contributed by atoms with E-state index >= 15 is 0 Å². The zero-order valence-electron chi connectivity index (χ0n) is 14.0. The van der Waals surface area contributed by atoms with E-state index < -0.39 is 5.82 Å². The van der Waals surface area contributed by atoms with Crippen LogP contribution in [0, 0.1) is 5.82 Å². The normalized spacial score (nSPS) is 8.52. The van der Waals surface area contributed by atoms with Crippen molar-refractivity contribution in [3.05, 3.63) is 36.2 Å². The Hall–Kier alpha value is -1.84. The molecular weight excluding hydrogens is 271 g/mol. The largest absolute Gasteiger partial charge is 0.494 e. The fourth-order valence-corrected chi connectivity index (χ4v) is 1.43. The minimum atomic E-state index is -0.454. The number of rotatable bonds is 5. The molecule has 0 saturated heterocycles. The Bertz CT molecular complexity index is 428. The van der Waals surface area contributed by atoms with Gasteiger partial charge in [0.25, 0.3) is 0 Å². The number of hydrogen-bond donors (Lipinski definition) is 0. The zero-order valence-corrected chi connectivity index (χ0v) is 14.0. The lowest BCUT2D eigenvalue weighted by Crippen LogP contribution is -2.01. The van der Waals surface area contributed by atoms with Crippen LogP contribution in [0.15, 0.2) is 24.8 Å². The molecule has 0 aliphatic rings. The highest BCUT2D eigenvalue weighted by molar-refractivity contribution is 5.74. The number of halogens is 1. The Morgan fingerprint density at radius 3 is 2.19 bits per heavy atom. The second-order valence-electron chi connectivity index (χ2n) is 3.50. The second-order valence-corrected chi connectivity index (χ2v) is 3.50. The Kier molecular flexibility index (Phi) is 13.4. The lowest BCUT2D eigenvalue weighted by Gasteiger charge is -2.09. The van der Waals surface area contributed by atoms with Crippen LogP contribution >= 0.6 is 0 Å². The Morgan fingerprint density at radius 2 is 1.71 bits per heavy atom. The number of benzene rings is 1. The highest BCUT2D eigenvalue weighted by Gasteiger charge is 2.12. The van der Waals surface area contributed by atoms with Crippen molar-refractivity contribution in [2.24, 2.45) is 0 Å². The number of carbonyl (C=O) groups is 1.